The molecule has 0 aliphatic heterocycles. The van der Waals surface area contributed by atoms with Crippen LogP contribution in [0.5, 0.6) is 0 Å². The molecule has 0 saturated heterocycles. The van der Waals surface area contributed by atoms with Gasteiger partial charge in [0.15, 0.2) is 0 Å². The number of carbonyl (C=O) groups excluding carboxylic acids is 2. The second-order valence-electron chi connectivity index (χ2n) is 10.0. The van der Waals surface area contributed by atoms with Crippen LogP contribution in [-0.2, 0) is 16.1 Å². The van der Waals surface area contributed by atoms with Gasteiger partial charge in [-0.15, -0.1) is 0 Å². The summed E-state index contributed by atoms with van der Waals surface area (Å²) in [6.07, 6.45) is 3.10. The highest BCUT2D eigenvalue weighted by atomic mass is 16.2. The van der Waals surface area contributed by atoms with Crippen LogP contribution in [0.15, 0.2) is 18.2 Å². The van der Waals surface area contributed by atoms with E-state index in [1.807, 2.05) is 58.0 Å². The Hall–Kier alpha value is -2.04. The zero-order valence-electron chi connectivity index (χ0n) is 19.5. The topological polar surface area (TPSA) is 52.7 Å². The van der Waals surface area contributed by atoms with Crippen molar-refractivity contribution in [3.63, 3.8) is 0 Å². The third-order valence-corrected chi connectivity index (χ3v) is 6.00. The molecule has 162 valence electrons. The molecule has 0 aromatic heterocycles. The smallest absolute Gasteiger partial charge is 0.228 e. The normalized spacial score (nSPS) is 15.6. The fourth-order valence-corrected chi connectivity index (χ4v) is 3.52. The Kier molecular flexibility index (Phi) is 7.36. The van der Waals surface area contributed by atoms with Crippen LogP contribution >= 0.6 is 0 Å². The minimum atomic E-state index is -0.447. The maximum Gasteiger partial charge on any atom is 0.228 e. The molecule has 1 aliphatic carbocycles. The van der Waals surface area contributed by atoms with Crippen LogP contribution in [0.2, 0.25) is 0 Å². The summed E-state index contributed by atoms with van der Waals surface area (Å²) < 4.78 is 0. The Morgan fingerprint density at radius 3 is 2.21 bits per heavy atom. The molecule has 5 nitrogen and oxygen atoms in total. The summed E-state index contributed by atoms with van der Waals surface area (Å²) in [4.78, 5) is 29.7. The number of nitrogens with one attached hydrogen (secondary N) is 1. The fraction of sp³-hybridized carbons (Fsp3) is 0.667. The molecule has 1 unspecified atom stereocenters. The van der Waals surface area contributed by atoms with Crippen molar-refractivity contribution in [1.29, 1.82) is 0 Å². The zero-order chi connectivity index (χ0) is 21.9. The molecule has 2 amide bonds. The van der Waals surface area contributed by atoms with E-state index in [2.05, 4.69) is 31.0 Å². The molecular formula is C24H39N3O2. The van der Waals surface area contributed by atoms with E-state index in [-0.39, 0.29) is 23.8 Å². The molecule has 1 atom stereocenters. The van der Waals surface area contributed by atoms with Gasteiger partial charge in [0, 0.05) is 49.4 Å². The molecule has 1 aromatic rings. The molecule has 1 N–H and O–H groups in total. The number of anilines is 2. The van der Waals surface area contributed by atoms with Crippen molar-refractivity contribution in [2.24, 2.45) is 17.3 Å². The third-order valence-electron chi connectivity index (χ3n) is 6.00. The predicted octanol–water partition coefficient (Wildman–Crippen LogP) is 4.91. The molecule has 5 heteroatoms. The van der Waals surface area contributed by atoms with Gasteiger partial charge in [0.2, 0.25) is 11.8 Å². The van der Waals surface area contributed by atoms with Crippen molar-refractivity contribution in [3.05, 3.63) is 23.8 Å². The molecule has 0 heterocycles. The summed E-state index contributed by atoms with van der Waals surface area (Å²) in [5, 5.41) is 3.07. The van der Waals surface area contributed by atoms with E-state index in [0.29, 0.717) is 12.5 Å². The third kappa shape index (κ3) is 5.74. The van der Waals surface area contributed by atoms with Crippen molar-refractivity contribution < 1.29 is 9.59 Å². The fourth-order valence-electron chi connectivity index (χ4n) is 3.52. The predicted molar refractivity (Wildman–Crippen MR) is 121 cm³/mol. The summed E-state index contributed by atoms with van der Waals surface area (Å²) in [6, 6.07) is 6.13. The number of hydrogen-bond donors (Lipinski definition) is 1. The molecule has 0 bridgehead atoms. The number of nitrogens with zero attached hydrogens (tertiary/aromatic N) is 2. The largest absolute Gasteiger partial charge is 0.377 e. The Labute approximate surface area is 176 Å². The number of amides is 2. The lowest BCUT2D eigenvalue weighted by molar-refractivity contribution is -0.143. The first-order chi connectivity index (χ1) is 13.4. The second-order valence-corrected chi connectivity index (χ2v) is 10.0. The van der Waals surface area contributed by atoms with Crippen molar-refractivity contribution in [2.45, 2.75) is 73.4 Å². The first-order valence-electron chi connectivity index (χ1n) is 10.8. The molecule has 0 spiro atoms. The van der Waals surface area contributed by atoms with Crippen molar-refractivity contribution in [3.8, 4) is 0 Å². The van der Waals surface area contributed by atoms with E-state index in [1.165, 1.54) is 0 Å². The van der Waals surface area contributed by atoms with Gasteiger partial charge in [-0.3, -0.25) is 9.59 Å². The Morgan fingerprint density at radius 2 is 1.76 bits per heavy atom. The number of benzene rings is 1. The summed E-state index contributed by atoms with van der Waals surface area (Å²) in [5.74, 6) is 0.753. The Morgan fingerprint density at radius 1 is 1.14 bits per heavy atom. The van der Waals surface area contributed by atoms with Gasteiger partial charge in [-0.2, -0.15) is 0 Å². The molecule has 2 rings (SSSR count). The van der Waals surface area contributed by atoms with Gasteiger partial charge >= 0.3 is 0 Å². The highest BCUT2D eigenvalue weighted by Crippen LogP contribution is 2.31. The second kappa shape index (κ2) is 9.19. The minimum absolute atomic E-state index is 0.109. The summed E-state index contributed by atoms with van der Waals surface area (Å²) in [5.41, 5.74) is 2.47. The van der Waals surface area contributed by atoms with Crippen LogP contribution in [0.1, 0.15) is 66.4 Å². The quantitative estimate of drug-likeness (QED) is 0.706. The standard InChI is InChI=1S/C24H39N3O2/c1-16(2)17(3)27(23(29)24(4,5)6)15-19-14-20(12-13-21(19)26(7)8)25-22(28)18-10-9-11-18/h12-14,16-18H,9-11,15H2,1-8H3,(H,25,28). The van der Waals surface area contributed by atoms with Gasteiger partial charge < -0.3 is 15.1 Å². The van der Waals surface area contributed by atoms with Crippen LogP contribution in [-0.4, -0.2) is 36.9 Å². The summed E-state index contributed by atoms with van der Waals surface area (Å²) in [6.45, 7) is 12.8. The number of carbonyl (C=O) groups is 2. The SMILES string of the molecule is CC(C)C(C)N(Cc1cc(NC(=O)C2CCC2)ccc1N(C)C)C(=O)C(C)(C)C. The maximum atomic E-state index is 13.2. The number of hydrogen-bond acceptors (Lipinski definition) is 3. The van der Waals surface area contributed by atoms with E-state index >= 15 is 0 Å². The van der Waals surface area contributed by atoms with Crippen molar-refractivity contribution >= 4 is 23.2 Å². The highest BCUT2D eigenvalue weighted by molar-refractivity contribution is 5.93. The van der Waals surface area contributed by atoms with Gasteiger partial charge in [-0.1, -0.05) is 41.0 Å². The maximum absolute atomic E-state index is 13.2. The van der Waals surface area contributed by atoms with Gasteiger partial charge in [0.1, 0.15) is 0 Å². The van der Waals surface area contributed by atoms with Crippen LogP contribution in [0.25, 0.3) is 0 Å². The highest BCUT2D eigenvalue weighted by Gasteiger charge is 2.32. The van der Waals surface area contributed by atoms with E-state index in [9.17, 15) is 9.59 Å². The monoisotopic (exact) mass is 401 g/mol. The summed E-state index contributed by atoms with van der Waals surface area (Å²) >= 11 is 0. The van der Waals surface area contributed by atoms with Gasteiger partial charge in [0.05, 0.1) is 0 Å². The van der Waals surface area contributed by atoms with Crippen LogP contribution in [0, 0.1) is 17.3 Å². The molecule has 1 aliphatic rings. The van der Waals surface area contributed by atoms with Crippen LogP contribution in [0.3, 0.4) is 0 Å². The molecule has 1 fully saturated rings. The minimum Gasteiger partial charge on any atom is -0.377 e. The van der Waals surface area contributed by atoms with E-state index in [4.69, 9.17) is 0 Å². The first kappa shape index (κ1) is 23.2. The average molecular weight is 402 g/mol. The van der Waals surface area contributed by atoms with Crippen molar-refractivity contribution in [2.75, 3.05) is 24.3 Å². The summed E-state index contributed by atoms with van der Waals surface area (Å²) in [7, 11) is 4.01. The zero-order valence-corrected chi connectivity index (χ0v) is 19.5. The first-order valence-corrected chi connectivity index (χ1v) is 10.8. The van der Waals surface area contributed by atoms with Gasteiger partial charge in [0.25, 0.3) is 0 Å². The Balaban J connectivity index is 2.35. The average Bonchev–Trinajstić information content (AvgIpc) is 2.55. The number of rotatable bonds is 7. The lowest BCUT2D eigenvalue weighted by Gasteiger charge is -2.37. The molecular weight excluding hydrogens is 362 g/mol. The van der Waals surface area contributed by atoms with Crippen LogP contribution in [0.4, 0.5) is 11.4 Å². The van der Waals surface area contributed by atoms with Gasteiger partial charge in [-0.25, -0.2) is 0 Å². The molecule has 0 radical (unpaired) electrons. The van der Waals surface area contributed by atoms with E-state index in [1.54, 1.807) is 0 Å². The Bertz CT molecular complexity index is 730. The lowest BCUT2D eigenvalue weighted by Crippen LogP contribution is -2.46. The van der Waals surface area contributed by atoms with E-state index in [0.717, 1.165) is 36.2 Å². The molecule has 29 heavy (non-hydrogen) atoms. The van der Waals surface area contributed by atoms with E-state index < -0.39 is 5.41 Å². The molecule has 1 saturated carbocycles. The lowest BCUT2D eigenvalue weighted by atomic mass is 9.85. The van der Waals surface area contributed by atoms with Crippen molar-refractivity contribution in [1.82, 2.24) is 4.90 Å². The molecule has 1 aromatic carbocycles. The van der Waals surface area contributed by atoms with Crippen LogP contribution < -0.4 is 10.2 Å². The van der Waals surface area contributed by atoms with Gasteiger partial charge in [-0.05, 0) is 49.4 Å².